The first-order valence-electron chi connectivity index (χ1n) is 8.06. The molecule has 26 heavy (non-hydrogen) atoms. The van der Waals surface area contributed by atoms with Gasteiger partial charge in [-0.25, -0.2) is 0 Å². The highest BCUT2D eigenvalue weighted by Gasteiger charge is 2.15. The van der Waals surface area contributed by atoms with Crippen molar-refractivity contribution in [3.05, 3.63) is 64.8 Å². The number of hydrogen-bond acceptors (Lipinski definition) is 5. The van der Waals surface area contributed by atoms with E-state index in [9.17, 15) is 9.59 Å². The Kier molecular flexibility index (Phi) is 5.53. The van der Waals surface area contributed by atoms with Crippen molar-refractivity contribution < 1.29 is 18.8 Å². The highest BCUT2D eigenvalue weighted by Crippen LogP contribution is 2.19. The summed E-state index contributed by atoms with van der Waals surface area (Å²) in [6.45, 7) is 1.46. The first kappa shape index (κ1) is 17.9. The molecule has 0 spiro atoms. The molecule has 1 atom stereocenters. The smallest absolute Gasteiger partial charge is 0.312 e. The van der Waals surface area contributed by atoms with Crippen LogP contribution in [0, 0.1) is 0 Å². The van der Waals surface area contributed by atoms with Gasteiger partial charge in [-0.1, -0.05) is 41.0 Å². The maximum absolute atomic E-state index is 12.0. The third-order valence-electron chi connectivity index (χ3n) is 3.85. The van der Waals surface area contributed by atoms with E-state index in [1.807, 2.05) is 37.3 Å². The second-order valence-electron chi connectivity index (χ2n) is 5.81. The number of aromatic nitrogens is 1. The van der Waals surface area contributed by atoms with Crippen LogP contribution in [0.25, 0.3) is 11.0 Å². The minimum Gasteiger partial charge on any atom is -0.455 e. The van der Waals surface area contributed by atoms with Crippen LogP contribution in [0.15, 0.2) is 53.1 Å². The Morgan fingerprint density at radius 1 is 1.23 bits per heavy atom. The van der Waals surface area contributed by atoms with Gasteiger partial charge in [0, 0.05) is 10.4 Å². The molecule has 0 saturated carbocycles. The molecule has 2 aromatic carbocycles. The van der Waals surface area contributed by atoms with Crippen molar-refractivity contribution in [2.24, 2.45) is 0 Å². The largest absolute Gasteiger partial charge is 0.455 e. The molecular weight excluding hydrogens is 356 g/mol. The number of fused-ring (bicyclic) bond motifs is 1. The van der Waals surface area contributed by atoms with Gasteiger partial charge in [-0.05, 0) is 36.8 Å². The number of amides is 1. The highest BCUT2D eigenvalue weighted by atomic mass is 35.5. The fraction of sp³-hybridized carbons (Fsp3) is 0.211. The number of benzene rings is 2. The molecule has 134 valence electrons. The van der Waals surface area contributed by atoms with Crippen LogP contribution in [0.3, 0.4) is 0 Å². The second-order valence-corrected chi connectivity index (χ2v) is 6.24. The molecule has 0 aliphatic carbocycles. The molecule has 0 saturated heterocycles. The van der Waals surface area contributed by atoms with Gasteiger partial charge in [-0.3, -0.25) is 9.59 Å². The lowest BCUT2D eigenvalue weighted by atomic mass is 10.1. The predicted molar refractivity (Wildman–Crippen MR) is 96.7 cm³/mol. The highest BCUT2D eigenvalue weighted by molar-refractivity contribution is 6.30. The first-order valence-corrected chi connectivity index (χ1v) is 8.44. The van der Waals surface area contributed by atoms with Crippen LogP contribution in [0.2, 0.25) is 5.02 Å². The molecule has 0 fully saturated rings. The molecule has 0 unspecified atom stereocenters. The summed E-state index contributed by atoms with van der Waals surface area (Å²) >= 11 is 5.94. The van der Waals surface area contributed by atoms with Crippen molar-refractivity contribution in [2.45, 2.75) is 19.4 Å². The number of halogens is 1. The van der Waals surface area contributed by atoms with E-state index in [4.69, 9.17) is 20.9 Å². The zero-order valence-electron chi connectivity index (χ0n) is 14.1. The minimum absolute atomic E-state index is 0.0614. The van der Waals surface area contributed by atoms with Crippen LogP contribution in [-0.4, -0.2) is 23.6 Å². The molecule has 0 aliphatic heterocycles. The summed E-state index contributed by atoms with van der Waals surface area (Å²) in [5, 5.41) is 7.97. The van der Waals surface area contributed by atoms with E-state index in [1.165, 1.54) is 0 Å². The lowest BCUT2D eigenvalue weighted by Crippen LogP contribution is -2.31. The molecule has 7 heteroatoms. The molecule has 0 bridgehead atoms. The summed E-state index contributed by atoms with van der Waals surface area (Å²) in [6.07, 6.45) is -0.0614. The summed E-state index contributed by atoms with van der Waals surface area (Å²) in [5.74, 6) is -0.939. The Labute approximate surface area is 155 Å². The average Bonchev–Trinajstić information content (AvgIpc) is 3.03. The Hall–Kier alpha value is -2.86. The zero-order valence-corrected chi connectivity index (χ0v) is 14.8. The number of nitrogens with one attached hydrogen (secondary N) is 1. The number of para-hydroxylation sites is 1. The van der Waals surface area contributed by atoms with E-state index >= 15 is 0 Å². The average molecular weight is 373 g/mol. The Morgan fingerprint density at radius 2 is 2.04 bits per heavy atom. The van der Waals surface area contributed by atoms with E-state index in [0.717, 1.165) is 10.9 Å². The molecule has 0 aliphatic rings. The van der Waals surface area contributed by atoms with Gasteiger partial charge >= 0.3 is 5.97 Å². The summed E-state index contributed by atoms with van der Waals surface area (Å²) in [5.41, 5.74) is 1.95. The van der Waals surface area contributed by atoms with Crippen LogP contribution in [-0.2, 0) is 20.7 Å². The molecule has 1 aromatic heterocycles. The standard InChI is InChI=1S/C19H17ClN2O4/c1-12(13-5-4-6-14(20)9-13)21-18(23)11-25-19(24)10-16-15-7-2-3-8-17(15)26-22-16/h2-9,12H,10-11H2,1H3,(H,21,23)/t12-/m1/s1. The van der Waals surface area contributed by atoms with Crippen LogP contribution in [0.5, 0.6) is 0 Å². The van der Waals surface area contributed by atoms with Gasteiger partial charge in [-0.2, -0.15) is 0 Å². The molecule has 6 nitrogen and oxygen atoms in total. The van der Waals surface area contributed by atoms with Gasteiger partial charge in [0.05, 0.1) is 12.5 Å². The fourth-order valence-electron chi connectivity index (χ4n) is 2.54. The van der Waals surface area contributed by atoms with E-state index in [-0.39, 0.29) is 19.1 Å². The maximum Gasteiger partial charge on any atom is 0.312 e. The fourth-order valence-corrected chi connectivity index (χ4v) is 2.74. The van der Waals surface area contributed by atoms with Crippen LogP contribution in [0.1, 0.15) is 24.2 Å². The predicted octanol–water partition coefficient (Wildman–Crippen LogP) is 3.44. The van der Waals surface area contributed by atoms with Gasteiger partial charge in [0.25, 0.3) is 5.91 Å². The first-order chi connectivity index (χ1) is 12.5. The van der Waals surface area contributed by atoms with E-state index < -0.39 is 11.9 Å². The van der Waals surface area contributed by atoms with Crippen LogP contribution >= 0.6 is 11.6 Å². The number of carbonyl (C=O) groups is 2. The number of carbonyl (C=O) groups excluding carboxylic acids is 2. The van der Waals surface area contributed by atoms with Crippen molar-refractivity contribution in [1.82, 2.24) is 10.5 Å². The molecule has 0 radical (unpaired) electrons. The van der Waals surface area contributed by atoms with Gasteiger partial charge < -0.3 is 14.6 Å². The van der Waals surface area contributed by atoms with Crippen molar-refractivity contribution >= 4 is 34.4 Å². The number of hydrogen-bond donors (Lipinski definition) is 1. The summed E-state index contributed by atoms with van der Waals surface area (Å²) in [7, 11) is 0. The Bertz CT molecular complexity index is 938. The van der Waals surface area contributed by atoms with Gasteiger partial charge in [0.1, 0.15) is 5.69 Å². The molecule has 3 rings (SSSR count). The Morgan fingerprint density at radius 3 is 2.85 bits per heavy atom. The van der Waals surface area contributed by atoms with E-state index in [1.54, 1.807) is 18.2 Å². The Balaban J connectivity index is 1.50. The third kappa shape index (κ3) is 4.40. The van der Waals surface area contributed by atoms with Crippen molar-refractivity contribution in [2.75, 3.05) is 6.61 Å². The van der Waals surface area contributed by atoms with Gasteiger partial charge in [-0.15, -0.1) is 0 Å². The zero-order chi connectivity index (χ0) is 18.5. The number of ether oxygens (including phenoxy) is 1. The van der Waals surface area contributed by atoms with Crippen molar-refractivity contribution in [1.29, 1.82) is 0 Å². The lowest BCUT2D eigenvalue weighted by molar-refractivity contribution is -0.148. The summed E-state index contributed by atoms with van der Waals surface area (Å²) < 4.78 is 10.2. The molecule has 1 heterocycles. The van der Waals surface area contributed by atoms with Gasteiger partial charge in [0.15, 0.2) is 12.2 Å². The molecule has 1 amide bonds. The third-order valence-corrected chi connectivity index (χ3v) is 4.09. The van der Waals surface area contributed by atoms with Crippen molar-refractivity contribution in [3.63, 3.8) is 0 Å². The number of nitrogens with zero attached hydrogens (tertiary/aromatic N) is 1. The molecule has 1 N–H and O–H groups in total. The molecular formula is C19H17ClN2O4. The van der Waals surface area contributed by atoms with Crippen LogP contribution in [0.4, 0.5) is 0 Å². The second kappa shape index (κ2) is 8.01. The summed E-state index contributed by atoms with van der Waals surface area (Å²) in [4.78, 5) is 23.9. The minimum atomic E-state index is -0.547. The van der Waals surface area contributed by atoms with Crippen LogP contribution < -0.4 is 5.32 Å². The summed E-state index contributed by atoms with van der Waals surface area (Å²) in [6, 6.07) is 14.2. The quantitative estimate of drug-likeness (QED) is 0.670. The van der Waals surface area contributed by atoms with Gasteiger partial charge in [0.2, 0.25) is 0 Å². The normalized spacial score (nSPS) is 11.9. The SMILES string of the molecule is C[C@@H](NC(=O)COC(=O)Cc1noc2ccccc12)c1cccc(Cl)c1. The van der Waals surface area contributed by atoms with E-state index in [2.05, 4.69) is 10.5 Å². The molecule has 3 aromatic rings. The number of rotatable bonds is 6. The van der Waals surface area contributed by atoms with Crippen molar-refractivity contribution in [3.8, 4) is 0 Å². The monoisotopic (exact) mass is 372 g/mol. The maximum atomic E-state index is 12.0. The van der Waals surface area contributed by atoms with E-state index in [0.29, 0.717) is 16.3 Å². The number of esters is 1. The lowest BCUT2D eigenvalue weighted by Gasteiger charge is -2.14. The topological polar surface area (TPSA) is 81.4 Å².